The maximum Gasteiger partial charge on any atom is 0.252 e. The molecule has 9 nitrogen and oxygen atoms in total. The number of thiophene rings is 1. The fourth-order valence-corrected chi connectivity index (χ4v) is 7.54. The number of carbonyl (C=O) groups is 2. The average Bonchev–Trinajstić information content (AvgIpc) is 3.73. The van der Waals surface area contributed by atoms with Gasteiger partial charge in [-0.3, -0.25) is 14.5 Å². The number of methoxy groups -OCH3 is 2. The summed E-state index contributed by atoms with van der Waals surface area (Å²) in [5.41, 5.74) is 3.40. The second kappa shape index (κ2) is 16.5. The number of nitrogens with zero attached hydrogens (tertiary/aromatic N) is 3. The first-order valence-corrected chi connectivity index (χ1v) is 18.2. The van der Waals surface area contributed by atoms with Crippen LogP contribution in [0, 0.1) is 5.92 Å². The number of rotatable bonds is 15. The molecule has 2 aromatic carbocycles. The van der Waals surface area contributed by atoms with E-state index in [9.17, 15) is 9.59 Å². The maximum atomic E-state index is 13.6. The van der Waals surface area contributed by atoms with Crippen molar-refractivity contribution in [1.82, 2.24) is 25.1 Å². The smallest absolute Gasteiger partial charge is 0.252 e. The third-order valence-electron chi connectivity index (χ3n) is 9.42. The molecular formula is C38H51N5O4S. The predicted octanol–water partition coefficient (Wildman–Crippen LogP) is 6.99. The molecule has 5 rings (SSSR count). The number of carbonyl (C=O) groups excluding carboxylic acids is 2. The van der Waals surface area contributed by atoms with Crippen LogP contribution in [0.2, 0.25) is 0 Å². The van der Waals surface area contributed by atoms with Crippen LogP contribution < -0.4 is 20.1 Å². The summed E-state index contributed by atoms with van der Waals surface area (Å²) in [5.74, 6) is 2.50. The second-order valence-electron chi connectivity index (χ2n) is 13.2. The van der Waals surface area contributed by atoms with Gasteiger partial charge in [-0.2, -0.15) is 0 Å². The zero-order valence-electron chi connectivity index (χ0n) is 29.3. The number of fused-ring (bicyclic) bond motifs is 1. The molecule has 1 fully saturated rings. The fraction of sp³-hybridized carbons (Fsp3) is 0.500. The summed E-state index contributed by atoms with van der Waals surface area (Å²) in [7, 11) is 3.35. The highest BCUT2D eigenvalue weighted by molar-refractivity contribution is 7.09. The summed E-state index contributed by atoms with van der Waals surface area (Å²) in [6, 6.07) is 15.6. The highest BCUT2D eigenvalue weighted by atomic mass is 32.1. The molecule has 0 spiro atoms. The van der Waals surface area contributed by atoms with Crippen molar-refractivity contribution in [3.8, 4) is 11.5 Å². The van der Waals surface area contributed by atoms with Gasteiger partial charge in [0.1, 0.15) is 23.4 Å². The first-order valence-electron chi connectivity index (χ1n) is 17.3. The molecule has 4 aromatic rings. The van der Waals surface area contributed by atoms with Gasteiger partial charge in [0.15, 0.2) is 0 Å². The molecule has 0 radical (unpaired) electrons. The van der Waals surface area contributed by atoms with Crippen LogP contribution in [0.3, 0.4) is 0 Å². The minimum atomic E-state index is -0.624. The first-order chi connectivity index (χ1) is 23.2. The SMILES string of the molecule is CCC(CC)n1c(Cc2cccs2)nc2cc(C(=O)N[C@@H](CC(C)C)C(=O)NC3CCN(Cc4c(OC)cccc4OC)CC3)ccc21. The van der Waals surface area contributed by atoms with E-state index in [4.69, 9.17) is 14.5 Å². The van der Waals surface area contributed by atoms with Crippen LogP contribution >= 0.6 is 11.3 Å². The average molecular weight is 674 g/mol. The van der Waals surface area contributed by atoms with E-state index in [2.05, 4.69) is 65.3 Å². The normalized spacial score (nSPS) is 14.8. The monoisotopic (exact) mass is 673 g/mol. The standard InChI is InChI=1S/C38H51N5O4S/c1-7-28(8-2)43-33-15-14-26(22-31(33)40-36(43)23-29-11-10-20-48-29)37(44)41-32(21-25(3)4)38(45)39-27-16-18-42(19-17-27)24-30-34(46-5)12-9-13-35(30)47-6/h9-15,20,22,25,27-28,32H,7-8,16-19,21,23-24H2,1-6H3,(H,39,45)(H,41,44)/t32-/m0/s1. The largest absolute Gasteiger partial charge is 0.496 e. The fourth-order valence-electron chi connectivity index (χ4n) is 6.83. The number of hydrogen-bond donors (Lipinski definition) is 2. The lowest BCUT2D eigenvalue weighted by Gasteiger charge is -2.33. The van der Waals surface area contributed by atoms with Gasteiger partial charge in [0.05, 0.1) is 30.8 Å². The number of nitrogens with one attached hydrogen (secondary N) is 2. The molecule has 0 bridgehead atoms. The summed E-state index contributed by atoms with van der Waals surface area (Å²) >= 11 is 1.73. The Bertz CT molecular complexity index is 1630. The molecule has 48 heavy (non-hydrogen) atoms. The number of benzene rings is 2. The number of hydrogen-bond acceptors (Lipinski definition) is 7. The summed E-state index contributed by atoms with van der Waals surface area (Å²) in [6.07, 6.45) is 4.98. The molecule has 258 valence electrons. The Balaban J connectivity index is 1.25. The summed E-state index contributed by atoms with van der Waals surface area (Å²) in [4.78, 5) is 35.9. The van der Waals surface area contributed by atoms with Crippen molar-refractivity contribution in [2.45, 2.75) is 90.9 Å². The Labute approximate surface area is 289 Å². The van der Waals surface area contributed by atoms with Crippen molar-refractivity contribution in [2.75, 3.05) is 27.3 Å². The Morgan fingerprint density at radius 1 is 1.00 bits per heavy atom. The van der Waals surface area contributed by atoms with Gasteiger partial charge >= 0.3 is 0 Å². The van der Waals surface area contributed by atoms with Crippen LogP contribution in [-0.4, -0.2) is 65.7 Å². The molecule has 0 unspecified atom stereocenters. The third kappa shape index (κ3) is 8.39. The van der Waals surface area contributed by atoms with Gasteiger partial charge < -0.3 is 24.7 Å². The highest BCUT2D eigenvalue weighted by Crippen LogP contribution is 2.31. The van der Waals surface area contributed by atoms with Crippen molar-refractivity contribution in [1.29, 1.82) is 0 Å². The van der Waals surface area contributed by atoms with Gasteiger partial charge in [0, 0.05) is 48.6 Å². The third-order valence-corrected chi connectivity index (χ3v) is 10.3. The van der Waals surface area contributed by atoms with E-state index in [0.717, 1.165) is 85.7 Å². The number of piperidine rings is 1. The van der Waals surface area contributed by atoms with Crippen LogP contribution in [0.15, 0.2) is 53.9 Å². The predicted molar refractivity (Wildman–Crippen MR) is 193 cm³/mol. The Kier molecular flexibility index (Phi) is 12.2. The first kappa shape index (κ1) is 35.4. The van der Waals surface area contributed by atoms with Crippen LogP contribution in [0.1, 0.15) is 92.5 Å². The highest BCUT2D eigenvalue weighted by Gasteiger charge is 2.28. The molecule has 1 aliphatic rings. The lowest BCUT2D eigenvalue weighted by molar-refractivity contribution is -0.124. The minimum absolute atomic E-state index is 0.0482. The lowest BCUT2D eigenvalue weighted by Crippen LogP contribution is -2.52. The number of ether oxygens (including phenoxy) is 2. The molecule has 0 saturated carbocycles. The van der Waals surface area contributed by atoms with Crippen molar-refractivity contribution in [3.63, 3.8) is 0 Å². The van der Waals surface area contributed by atoms with E-state index in [1.807, 2.05) is 36.4 Å². The van der Waals surface area contributed by atoms with Crippen molar-refractivity contribution in [2.24, 2.45) is 5.92 Å². The van der Waals surface area contributed by atoms with E-state index in [1.165, 1.54) is 4.88 Å². The molecule has 1 aliphatic heterocycles. The van der Waals surface area contributed by atoms with E-state index in [-0.39, 0.29) is 23.8 Å². The molecule has 2 N–H and O–H groups in total. The van der Waals surface area contributed by atoms with Gasteiger partial charge in [0.2, 0.25) is 5.91 Å². The van der Waals surface area contributed by atoms with Crippen LogP contribution in [-0.2, 0) is 17.8 Å². The molecule has 0 aliphatic carbocycles. The van der Waals surface area contributed by atoms with E-state index in [1.54, 1.807) is 25.6 Å². The van der Waals surface area contributed by atoms with Crippen molar-refractivity contribution >= 4 is 34.2 Å². The zero-order chi connectivity index (χ0) is 34.2. The van der Waals surface area contributed by atoms with Gasteiger partial charge in [-0.25, -0.2) is 4.98 Å². The lowest BCUT2D eigenvalue weighted by atomic mass is 10.00. The van der Waals surface area contributed by atoms with Gasteiger partial charge in [-0.05, 0) is 79.8 Å². The van der Waals surface area contributed by atoms with Crippen LogP contribution in [0.25, 0.3) is 11.0 Å². The summed E-state index contributed by atoms with van der Waals surface area (Å²) in [6.45, 7) is 11.0. The number of aromatic nitrogens is 2. The molecule has 1 atom stereocenters. The van der Waals surface area contributed by atoms with E-state index >= 15 is 0 Å². The quantitative estimate of drug-likeness (QED) is 0.141. The maximum absolute atomic E-state index is 13.6. The Hall–Kier alpha value is -3.89. The van der Waals surface area contributed by atoms with Gasteiger partial charge in [-0.1, -0.05) is 39.8 Å². The zero-order valence-corrected chi connectivity index (χ0v) is 30.1. The van der Waals surface area contributed by atoms with Crippen LogP contribution in [0.5, 0.6) is 11.5 Å². The molecule has 2 aromatic heterocycles. The minimum Gasteiger partial charge on any atom is -0.496 e. The molecule has 2 amide bonds. The van der Waals surface area contributed by atoms with Gasteiger partial charge in [0.25, 0.3) is 5.91 Å². The van der Waals surface area contributed by atoms with Crippen molar-refractivity contribution < 1.29 is 19.1 Å². The Morgan fingerprint density at radius 3 is 2.31 bits per heavy atom. The summed E-state index contributed by atoms with van der Waals surface area (Å²) < 4.78 is 13.5. The molecule has 1 saturated heterocycles. The van der Waals surface area contributed by atoms with E-state index < -0.39 is 6.04 Å². The van der Waals surface area contributed by atoms with Gasteiger partial charge in [-0.15, -0.1) is 11.3 Å². The van der Waals surface area contributed by atoms with E-state index in [0.29, 0.717) is 18.0 Å². The topological polar surface area (TPSA) is 97.7 Å². The number of amides is 2. The number of likely N-dealkylation sites (tertiary alicyclic amines) is 1. The molecular weight excluding hydrogens is 623 g/mol. The van der Waals surface area contributed by atoms with Crippen molar-refractivity contribution in [3.05, 3.63) is 75.7 Å². The number of imidazole rings is 1. The second-order valence-corrected chi connectivity index (χ2v) is 14.2. The summed E-state index contributed by atoms with van der Waals surface area (Å²) in [5, 5.41) is 8.41. The molecule has 10 heteroatoms. The molecule has 3 heterocycles. The van der Waals surface area contributed by atoms with Crippen LogP contribution in [0.4, 0.5) is 0 Å². The Morgan fingerprint density at radius 2 is 1.71 bits per heavy atom.